The average molecular weight is 328 g/mol. The Morgan fingerprint density at radius 2 is 1.88 bits per heavy atom. The molecule has 4 heterocycles. The summed E-state index contributed by atoms with van der Waals surface area (Å²) in [6.07, 6.45) is 3.83. The van der Waals surface area contributed by atoms with Crippen LogP contribution in [0.4, 0.5) is 0 Å². The van der Waals surface area contributed by atoms with Crippen molar-refractivity contribution in [3.63, 3.8) is 0 Å². The third-order valence-corrected chi connectivity index (χ3v) is 5.92. The van der Waals surface area contributed by atoms with E-state index in [9.17, 15) is 0 Å². The Kier molecular flexibility index (Phi) is 2.15. The largest absolute Gasteiger partial charge is 0.312 e. The minimum atomic E-state index is 0.979. The molecule has 0 aliphatic heterocycles. The van der Waals surface area contributed by atoms with Gasteiger partial charge < -0.3 is 4.57 Å². The molecule has 114 valence electrons. The van der Waals surface area contributed by atoms with Crippen molar-refractivity contribution in [3.05, 3.63) is 54.9 Å². The van der Waals surface area contributed by atoms with Crippen molar-refractivity contribution in [1.82, 2.24) is 18.9 Å². The first-order valence-corrected chi connectivity index (χ1v) is 8.65. The van der Waals surface area contributed by atoms with Crippen LogP contribution in [0, 0.1) is 0 Å². The predicted octanol–water partition coefficient (Wildman–Crippen LogP) is 4.74. The lowest BCUT2D eigenvalue weighted by atomic mass is 10.1. The van der Waals surface area contributed by atoms with Gasteiger partial charge in [-0.1, -0.05) is 12.1 Å². The molecule has 0 fully saturated rings. The number of aromatic nitrogens is 4. The van der Waals surface area contributed by atoms with Gasteiger partial charge in [-0.05, 0) is 30.3 Å². The van der Waals surface area contributed by atoms with Crippen molar-refractivity contribution in [2.24, 2.45) is 7.05 Å². The fraction of sp³-hybridized carbons (Fsp3) is 0.0526. The number of fused-ring (bicyclic) bond motifs is 9. The minimum absolute atomic E-state index is 0.979. The Labute approximate surface area is 140 Å². The third kappa shape index (κ3) is 1.35. The Bertz CT molecular complexity index is 1420. The minimum Gasteiger partial charge on any atom is -0.312 e. The van der Waals surface area contributed by atoms with Crippen LogP contribution in [-0.2, 0) is 7.05 Å². The quantitative estimate of drug-likeness (QED) is 0.403. The Hall–Kier alpha value is -2.92. The van der Waals surface area contributed by atoms with Gasteiger partial charge in [0.1, 0.15) is 0 Å². The Balaban J connectivity index is 1.97. The fourth-order valence-corrected chi connectivity index (χ4v) is 4.86. The normalized spacial score (nSPS) is 12.4. The van der Waals surface area contributed by atoms with Crippen LogP contribution in [0.25, 0.3) is 48.0 Å². The SMILES string of the molecule is Cn1c2c3c(ccc2n2c4ccccc4nc12)sc1cnccc13. The van der Waals surface area contributed by atoms with Crippen molar-refractivity contribution in [2.45, 2.75) is 0 Å². The average Bonchev–Trinajstić information content (AvgIpc) is 3.25. The molecule has 0 saturated carbocycles. The van der Waals surface area contributed by atoms with E-state index in [1.54, 1.807) is 11.3 Å². The number of hydrogen-bond acceptors (Lipinski definition) is 3. The number of nitrogens with zero attached hydrogens (tertiary/aromatic N) is 4. The molecule has 0 bridgehead atoms. The lowest BCUT2D eigenvalue weighted by molar-refractivity contribution is 0.977. The van der Waals surface area contributed by atoms with E-state index in [1.165, 1.54) is 31.2 Å². The standard InChI is InChI=1S/C19H12N4S/c1-22-18-14(23-13-5-3-2-4-12(13)21-19(22)23)6-7-15-17(18)11-8-9-20-10-16(11)24-15/h2-10H,1H3. The monoisotopic (exact) mass is 328 g/mol. The van der Waals surface area contributed by atoms with Gasteiger partial charge in [0.05, 0.1) is 26.8 Å². The Morgan fingerprint density at radius 1 is 0.958 bits per heavy atom. The number of benzene rings is 2. The number of hydrogen-bond donors (Lipinski definition) is 0. The van der Waals surface area contributed by atoms with E-state index >= 15 is 0 Å². The second-order valence-corrected chi connectivity index (χ2v) is 7.16. The molecule has 0 saturated heterocycles. The van der Waals surface area contributed by atoms with Gasteiger partial charge in [0, 0.05) is 34.9 Å². The van der Waals surface area contributed by atoms with Crippen LogP contribution in [-0.4, -0.2) is 18.9 Å². The van der Waals surface area contributed by atoms with E-state index < -0.39 is 0 Å². The highest BCUT2D eigenvalue weighted by atomic mass is 32.1. The molecule has 0 amide bonds. The van der Waals surface area contributed by atoms with Gasteiger partial charge in [-0.25, -0.2) is 4.98 Å². The van der Waals surface area contributed by atoms with Gasteiger partial charge >= 0.3 is 0 Å². The van der Waals surface area contributed by atoms with Crippen molar-refractivity contribution >= 4 is 59.4 Å². The van der Waals surface area contributed by atoms with Gasteiger partial charge in [0.2, 0.25) is 5.78 Å². The van der Waals surface area contributed by atoms with Gasteiger partial charge in [-0.2, -0.15) is 0 Å². The summed E-state index contributed by atoms with van der Waals surface area (Å²) >= 11 is 1.80. The predicted molar refractivity (Wildman–Crippen MR) is 99.9 cm³/mol. The van der Waals surface area contributed by atoms with Crippen molar-refractivity contribution in [2.75, 3.05) is 0 Å². The maximum absolute atomic E-state index is 4.84. The second-order valence-electron chi connectivity index (χ2n) is 6.08. The zero-order valence-corrected chi connectivity index (χ0v) is 13.7. The van der Waals surface area contributed by atoms with Gasteiger partial charge in [-0.15, -0.1) is 11.3 Å². The van der Waals surface area contributed by atoms with Crippen LogP contribution in [0.2, 0.25) is 0 Å². The molecule has 0 atom stereocenters. The molecule has 24 heavy (non-hydrogen) atoms. The number of para-hydroxylation sites is 2. The topological polar surface area (TPSA) is 35.1 Å². The van der Waals surface area contributed by atoms with E-state index in [4.69, 9.17) is 4.98 Å². The lowest BCUT2D eigenvalue weighted by Crippen LogP contribution is -1.88. The van der Waals surface area contributed by atoms with Crippen molar-refractivity contribution in [1.29, 1.82) is 0 Å². The molecule has 0 aliphatic rings. The smallest absolute Gasteiger partial charge is 0.215 e. The van der Waals surface area contributed by atoms with Crippen LogP contribution >= 0.6 is 11.3 Å². The first-order chi connectivity index (χ1) is 11.8. The van der Waals surface area contributed by atoms with E-state index in [2.05, 4.69) is 57.4 Å². The number of thiophene rings is 1. The van der Waals surface area contributed by atoms with Crippen LogP contribution in [0.15, 0.2) is 54.9 Å². The molecule has 0 spiro atoms. The van der Waals surface area contributed by atoms with E-state index in [1.807, 2.05) is 18.5 Å². The summed E-state index contributed by atoms with van der Waals surface area (Å²) in [4.78, 5) is 9.11. The van der Waals surface area contributed by atoms with E-state index in [0.29, 0.717) is 0 Å². The molecule has 5 heteroatoms. The number of pyridine rings is 1. The summed E-state index contributed by atoms with van der Waals surface area (Å²) < 4.78 is 6.99. The molecule has 0 unspecified atom stereocenters. The summed E-state index contributed by atoms with van der Waals surface area (Å²) in [7, 11) is 2.10. The third-order valence-electron chi connectivity index (χ3n) is 4.81. The molecule has 0 aliphatic carbocycles. The molecule has 2 aromatic carbocycles. The van der Waals surface area contributed by atoms with E-state index in [-0.39, 0.29) is 0 Å². The maximum atomic E-state index is 4.84. The van der Waals surface area contributed by atoms with Gasteiger partial charge in [0.15, 0.2) is 0 Å². The molecule has 0 N–H and O–H groups in total. The fourth-order valence-electron chi connectivity index (χ4n) is 3.79. The van der Waals surface area contributed by atoms with Crippen LogP contribution in [0.1, 0.15) is 0 Å². The highest BCUT2D eigenvalue weighted by molar-refractivity contribution is 7.26. The highest BCUT2D eigenvalue weighted by Gasteiger charge is 2.18. The summed E-state index contributed by atoms with van der Waals surface area (Å²) in [6.45, 7) is 0. The summed E-state index contributed by atoms with van der Waals surface area (Å²) in [6, 6.07) is 14.8. The second kappa shape index (κ2) is 4.13. The highest BCUT2D eigenvalue weighted by Crippen LogP contribution is 2.39. The maximum Gasteiger partial charge on any atom is 0.215 e. The molecule has 4 aromatic heterocycles. The molecule has 4 nitrogen and oxygen atoms in total. The summed E-state index contributed by atoms with van der Waals surface area (Å²) in [5.41, 5.74) is 4.62. The molecular formula is C19H12N4S. The van der Waals surface area contributed by atoms with Crippen LogP contribution in [0.5, 0.6) is 0 Å². The Morgan fingerprint density at radius 3 is 2.83 bits per heavy atom. The number of imidazole rings is 2. The van der Waals surface area contributed by atoms with Crippen LogP contribution in [0.3, 0.4) is 0 Å². The molecule has 0 radical (unpaired) electrons. The molecule has 6 aromatic rings. The lowest BCUT2D eigenvalue weighted by Gasteiger charge is -1.99. The van der Waals surface area contributed by atoms with Crippen LogP contribution < -0.4 is 0 Å². The van der Waals surface area contributed by atoms with E-state index in [0.717, 1.165) is 16.8 Å². The number of aryl methyl sites for hydroxylation is 1. The zero-order valence-electron chi connectivity index (χ0n) is 12.9. The summed E-state index contributed by atoms with van der Waals surface area (Å²) in [5.74, 6) is 0.979. The molecule has 6 rings (SSSR count). The van der Waals surface area contributed by atoms with Gasteiger partial charge in [-0.3, -0.25) is 9.38 Å². The molecular weight excluding hydrogens is 316 g/mol. The number of rotatable bonds is 0. The van der Waals surface area contributed by atoms with Crippen molar-refractivity contribution < 1.29 is 0 Å². The van der Waals surface area contributed by atoms with Gasteiger partial charge in [0.25, 0.3) is 0 Å². The first kappa shape index (κ1) is 12.5. The zero-order chi connectivity index (χ0) is 15.8. The summed E-state index contributed by atoms with van der Waals surface area (Å²) in [5, 5.41) is 2.57. The van der Waals surface area contributed by atoms with Crippen molar-refractivity contribution in [3.8, 4) is 0 Å². The first-order valence-electron chi connectivity index (χ1n) is 7.84.